The molecule has 132 valence electrons. The third-order valence-electron chi connectivity index (χ3n) is 4.98. The van der Waals surface area contributed by atoms with Crippen molar-refractivity contribution in [3.05, 3.63) is 18.2 Å². The largest absolute Gasteiger partial charge is 0.424 e. The average molecular weight is 333 g/mol. The maximum absolute atomic E-state index is 13.4. The van der Waals surface area contributed by atoms with Gasteiger partial charge in [0.25, 0.3) is 0 Å². The molecule has 0 unspecified atom stereocenters. The van der Waals surface area contributed by atoms with Crippen molar-refractivity contribution < 1.29 is 18.3 Å². The normalized spacial score (nSPS) is 28.6. The molecule has 1 fully saturated rings. The number of aromatic nitrogens is 2. The maximum Gasteiger partial charge on any atom is 0.424 e. The monoisotopic (exact) mass is 333 g/mol. The average Bonchev–Trinajstić information content (AvgIpc) is 2.86. The van der Waals surface area contributed by atoms with Gasteiger partial charge in [-0.05, 0) is 37.6 Å². The number of hydrogen-bond acceptors (Lipinski definition) is 3. The standard InChI is InChI=1S/C16H26F3N3O/c1-11-4-5-13(12(2)10-11)20-7-6-15(23,16(17,18)19)14-21-8-9-22(14)3/h8-9,11-13,20,23H,4-7,10H2,1-3H3/t11-,12-,13+,15+/m1/s1. The van der Waals surface area contributed by atoms with Gasteiger partial charge in [0.05, 0.1) is 0 Å². The van der Waals surface area contributed by atoms with E-state index < -0.39 is 18.2 Å². The van der Waals surface area contributed by atoms with Crippen LogP contribution in [0.25, 0.3) is 0 Å². The van der Waals surface area contributed by atoms with E-state index in [4.69, 9.17) is 0 Å². The lowest BCUT2D eigenvalue weighted by molar-refractivity contribution is -0.272. The van der Waals surface area contributed by atoms with Gasteiger partial charge in [-0.25, -0.2) is 4.98 Å². The minimum atomic E-state index is -4.76. The third kappa shape index (κ3) is 3.88. The van der Waals surface area contributed by atoms with Gasteiger partial charge in [0.15, 0.2) is 0 Å². The smallest absolute Gasteiger partial charge is 0.374 e. The number of imidazole rings is 1. The first kappa shape index (κ1) is 18.3. The van der Waals surface area contributed by atoms with Crippen molar-refractivity contribution in [1.82, 2.24) is 14.9 Å². The summed E-state index contributed by atoms with van der Waals surface area (Å²) in [4.78, 5) is 3.71. The van der Waals surface area contributed by atoms with Gasteiger partial charge in [0.1, 0.15) is 5.82 Å². The van der Waals surface area contributed by atoms with E-state index in [-0.39, 0.29) is 18.4 Å². The van der Waals surface area contributed by atoms with E-state index in [1.54, 1.807) is 0 Å². The molecule has 7 heteroatoms. The van der Waals surface area contributed by atoms with Crippen molar-refractivity contribution in [2.24, 2.45) is 18.9 Å². The summed E-state index contributed by atoms with van der Waals surface area (Å²) in [6.07, 6.45) is 0.607. The van der Waals surface area contributed by atoms with Gasteiger partial charge in [-0.3, -0.25) is 0 Å². The van der Waals surface area contributed by atoms with Gasteiger partial charge < -0.3 is 15.0 Å². The molecule has 23 heavy (non-hydrogen) atoms. The molecule has 0 amide bonds. The Bertz CT molecular complexity index is 517. The van der Waals surface area contributed by atoms with Crippen LogP contribution in [0.5, 0.6) is 0 Å². The van der Waals surface area contributed by atoms with Crippen LogP contribution in [0.1, 0.15) is 45.4 Å². The first-order valence-electron chi connectivity index (χ1n) is 8.15. The van der Waals surface area contributed by atoms with E-state index >= 15 is 0 Å². The Morgan fingerprint density at radius 2 is 2.04 bits per heavy atom. The minimum Gasteiger partial charge on any atom is -0.374 e. The molecule has 0 saturated heterocycles. The van der Waals surface area contributed by atoms with Gasteiger partial charge in [0.2, 0.25) is 5.60 Å². The summed E-state index contributed by atoms with van der Waals surface area (Å²) < 4.78 is 41.5. The highest BCUT2D eigenvalue weighted by Crippen LogP contribution is 2.40. The number of nitrogens with zero attached hydrogens (tertiary/aromatic N) is 2. The van der Waals surface area contributed by atoms with E-state index in [0.29, 0.717) is 11.8 Å². The molecule has 0 aliphatic heterocycles. The second kappa shape index (κ2) is 6.81. The van der Waals surface area contributed by atoms with Crippen LogP contribution in [0.3, 0.4) is 0 Å². The van der Waals surface area contributed by atoms with E-state index in [2.05, 4.69) is 24.1 Å². The van der Waals surface area contributed by atoms with Crippen LogP contribution in [-0.2, 0) is 12.6 Å². The maximum atomic E-state index is 13.4. The molecule has 1 aromatic heterocycles. The van der Waals surface area contributed by atoms with Crippen molar-refractivity contribution in [3.8, 4) is 0 Å². The summed E-state index contributed by atoms with van der Waals surface area (Å²) in [5.41, 5.74) is -2.93. The van der Waals surface area contributed by atoms with Crippen LogP contribution in [0.2, 0.25) is 0 Å². The van der Waals surface area contributed by atoms with Gasteiger partial charge in [-0.15, -0.1) is 0 Å². The number of halogens is 3. The van der Waals surface area contributed by atoms with Gasteiger partial charge in [0, 0.05) is 31.9 Å². The Labute approximate surface area is 135 Å². The Morgan fingerprint density at radius 1 is 1.35 bits per heavy atom. The van der Waals surface area contributed by atoms with Gasteiger partial charge >= 0.3 is 6.18 Å². The van der Waals surface area contributed by atoms with Crippen molar-refractivity contribution in [3.63, 3.8) is 0 Å². The van der Waals surface area contributed by atoms with Crippen molar-refractivity contribution in [1.29, 1.82) is 0 Å². The highest BCUT2D eigenvalue weighted by Gasteiger charge is 2.57. The second-order valence-electron chi connectivity index (χ2n) is 6.93. The predicted molar refractivity (Wildman–Crippen MR) is 81.7 cm³/mol. The predicted octanol–water partition coefficient (Wildman–Crippen LogP) is 2.97. The van der Waals surface area contributed by atoms with E-state index in [1.807, 2.05) is 0 Å². The molecule has 0 radical (unpaired) electrons. The topological polar surface area (TPSA) is 50.1 Å². The Kier molecular flexibility index (Phi) is 5.41. The second-order valence-corrected chi connectivity index (χ2v) is 6.93. The summed E-state index contributed by atoms with van der Waals surface area (Å²) in [6, 6.07) is 0.213. The molecule has 4 atom stereocenters. The molecule has 0 aromatic carbocycles. The van der Waals surface area contributed by atoms with E-state index in [9.17, 15) is 18.3 Å². The number of alkyl halides is 3. The fourth-order valence-corrected chi connectivity index (χ4v) is 3.55. The molecule has 0 spiro atoms. The summed E-state index contributed by atoms with van der Waals surface area (Å²) in [5, 5.41) is 13.5. The Balaban J connectivity index is 2.02. The van der Waals surface area contributed by atoms with E-state index in [1.165, 1.54) is 24.0 Å². The van der Waals surface area contributed by atoms with E-state index in [0.717, 1.165) is 19.3 Å². The minimum absolute atomic E-state index is 0.103. The van der Waals surface area contributed by atoms with Crippen LogP contribution in [0.15, 0.2) is 12.4 Å². The first-order chi connectivity index (χ1) is 10.6. The summed E-state index contributed by atoms with van der Waals surface area (Å²) in [5.74, 6) is 0.741. The Morgan fingerprint density at radius 3 is 2.57 bits per heavy atom. The summed E-state index contributed by atoms with van der Waals surface area (Å²) in [6.45, 7) is 4.44. The van der Waals surface area contributed by atoms with Crippen LogP contribution < -0.4 is 5.32 Å². The summed E-state index contributed by atoms with van der Waals surface area (Å²) >= 11 is 0. The molecule has 1 aliphatic carbocycles. The molecule has 4 nitrogen and oxygen atoms in total. The summed E-state index contributed by atoms with van der Waals surface area (Å²) in [7, 11) is 1.46. The number of aryl methyl sites for hydroxylation is 1. The van der Waals surface area contributed by atoms with Crippen molar-refractivity contribution >= 4 is 0 Å². The molecular weight excluding hydrogens is 307 g/mol. The molecule has 0 bridgehead atoms. The van der Waals surface area contributed by atoms with Crippen LogP contribution in [-0.4, -0.2) is 33.4 Å². The molecule has 2 rings (SSSR count). The first-order valence-corrected chi connectivity index (χ1v) is 8.15. The Hall–Kier alpha value is -1.08. The van der Waals surface area contributed by atoms with Gasteiger partial charge in [-0.1, -0.05) is 13.8 Å². The molecule has 1 aliphatic rings. The zero-order valence-electron chi connectivity index (χ0n) is 13.9. The molecule has 1 saturated carbocycles. The lowest BCUT2D eigenvalue weighted by atomic mass is 9.80. The number of hydrogen-bond donors (Lipinski definition) is 2. The third-order valence-corrected chi connectivity index (χ3v) is 4.98. The molecule has 2 N–H and O–H groups in total. The number of aliphatic hydroxyl groups is 1. The molecular formula is C16H26F3N3O. The zero-order chi connectivity index (χ0) is 17.3. The number of nitrogens with one attached hydrogen (secondary N) is 1. The fourth-order valence-electron chi connectivity index (χ4n) is 3.55. The fraction of sp³-hybridized carbons (Fsp3) is 0.812. The highest BCUT2D eigenvalue weighted by atomic mass is 19.4. The van der Waals surface area contributed by atoms with Crippen LogP contribution >= 0.6 is 0 Å². The molecule has 1 aromatic rings. The SMILES string of the molecule is C[C@@H]1CC[C@H](NCC[C@](O)(c2nccn2C)C(F)(F)F)[C@H](C)C1. The van der Waals surface area contributed by atoms with Crippen molar-refractivity contribution in [2.45, 2.75) is 57.3 Å². The zero-order valence-corrected chi connectivity index (χ0v) is 13.9. The van der Waals surface area contributed by atoms with Gasteiger partial charge in [-0.2, -0.15) is 13.2 Å². The van der Waals surface area contributed by atoms with Crippen LogP contribution in [0, 0.1) is 11.8 Å². The van der Waals surface area contributed by atoms with Crippen molar-refractivity contribution in [2.75, 3.05) is 6.54 Å². The number of rotatable bonds is 5. The lowest BCUT2D eigenvalue weighted by Crippen LogP contribution is -2.48. The molecule has 1 heterocycles. The lowest BCUT2D eigenvalue weighted by Gasteiger charge is -2.35. The quantitative estimate of drug-likeness (QED) is 0.871. The van der Waals surface area contributed by atoms with Crippen LogP contribution in [0.4, 0.5) is 13.2 Å². The highest BCUT2D eigenvalue weighted by molar-refractivity contribution is 5.08.